The number of aromatic nitrogens is 2. The van der Waals surface area contributed by atoms with E-state index in [-0.39, 0.29) is 5.56 Å². The fourth-order valence-electron chi connectivity index (χ4n) is 4.37. The number of benzene rings is 2. The highest BCUT2D eigenvalue weighted by molar-refractivity contribution is 5.92. The van der Waals surface area contributed by atoms with E-state index in [0.29, 0.717) is 6.04 Å². The van der Waals surface area contributed by atoms with Crippen LogP contribution >= 0.6 is 0 Å². The van der Waals surface area contributed by atoms with E-state index in [1.54, 1.807) is 19.2 Å². The third-order valence-electron chi connectivity index (χ3n) is 5.84. The molecule has 0 bridgehead atoms. The molecule has 1 aliphatic rings. The molecule has 0 spiro atoms. The number of imidazole rings is 1. The van der Waals surface area contributed by atoms with Crippen molar-refractivity contribution in [2.24, 2.45) is 0 Å². The predicted octanol–water partition coefficient (Wildman–Crippen LogP) is 3.97. The van der Waals surface area contributed by atoms with Gasteiger partial charge in [0.25, 0.3) is 0 Å². The molecule has 152 valence electrons. The number of rotatable bonds is 7. The summed E-state index contributed by atoms with van der Waals surface area (Å²) >= 11 is 0. The van der Waals surface area contributed by atoms with Crippen LogP contribution in [-0.4, -0.2) is 45.2 Å². The number of ether oxygens (including phenoxy) is 1. The van der Waals surface area contributed by atoms with Crippen LogP contribution in [0.4, 0.5) is 0 Å². The molecule has 1 N–H and O–H groups in total. The molecule has 0 aliphatic carbocycles. The molecule has 6 heteroatoms. The van der Waals surface area contributed by atoms with Crippen LogP contribution in [0.15, 0.2) is 42.5 Å². The number of aromatic carboxylic acids is 1. The number of likely N-dealkylation sites (tertiary alicyclic amines) is 1. The smallest absolute Gasteiger partial charge is 0.335 e. The second kappa shape index (κ2) is 8.25. The number of methoxy groups -OCH3 is 1. The van der Waals surface area contributed by atoms with E-state index >= 15 is 0 Å². The van der Waals surface area contributed by atoms with Gasteiger partial charge in [-0.3, -0.25) is 4.90 Å². The Balaban J connectivity index is 1.57. The molecule has 3 aromatic rings. The minimum absolute atomic E-state index is 0.280. The first-order chi connectivity index (χ1) is 14.1. The van der Waals surface area contributed by atoms with Crippen molar-refractivity contribution in [1.29, 1.82) is 0 Å². The molecular formula is C23H27N3O3. The van der Waals surface area contributed by atoms with Crippen molar-refractivity contribution in [3.8, 4) is 5.75 Å². The molecule has 6 nitrogen and oxygen atoms in total. The molecule has 1 atom stereocenters. The summed E-state index contributed by atoms with van der Waals surface area (Å²) in [6.45, 7) is 4.75. The van der Waals surface area contributed by atoms with Gasteiger partial charge in [0, 0.05) is 12.6 Å². The quantitative estimate of drug-likeness (QED) is 0.658. The van der Waals surface area contributed by atoms with Gasteiger partial charge in [0.2, 0.25) is 0 Å². The molecule has 1 aliphatic heterocycles. The molecule has 29 heavy (non-hydrogen) atoms. The van der Waals surface area contributed by atoms with Crippen molar-refractivity contribution in [3.63, 3.8) is 0 Å². The maximum absolute atomic E-state index is 11.3. The summed E-state index contributed by atoms with van der Waals surface area (Å²) in [7, 11) is 1.70. The lowest BCUT2D eigenvalue weighted by Crippen LogP contribution is -2.31. The molecule has 1 unspecified atom stereocenters. The van der Waals surface area contributed by atoms with Gasteiger partial charge in [0.05, 0.1) is 30.3 Å². The van der Waals surface area contributed by atoms with E-state index in [9.17, 15) is 9.90 Å². The van der Waals surface area contributed by atoms with Gasteiger partial charge in [0.1, 0.15) is 11.6 Å². The zero-order valence-corrected chi connectivity index (χ0v) is 17.0. The van der Waals surface area contributed by atoms with Crippen LogP contribution < -0.4 is 4.74 Å². The van der Waals surface area contributed by atoms with Crippen LogP contribution in [-0.2, 0) is 19.5 Å². The van der Waals surface area contributed by atoms with Crippen molar-refractivity contribution in [2.75, 3.05) is 13.7 Å². The number of carboxylic acids is 1. The number of hydrogen-bond acceptors (Lipinski definition) is 4. The number of fused-ring (bicyclic) bond motifs is 1. The van der Waals surface area contributed by atoms with Crippen molar-refractivity contribution in [2.45, 2.75) is 45.3 Å². The Morgan fingerprint density at radius 1 is 1.28 bits per heavy atom. The second-order valence-electron chi connectivity index (χ2n) is 7.60. The SMILES string of the molecule is CCn1c(CN2CCCC2Cc2cccc(OC)c2)nc2cc(C(=O)O)ccc21. The van der Waals surface area contributed by atoms with Crippen LogP contribution in [0.3, 0.4) is 0 Å². The van der Waals surface area contributed by atoms with Crippen LogP contribution in [0.25, 0.3) is 11.0 Å². The van der Waals surface area contributed by atoms with E-state index < -0.39 is 5.97 Å². The summed E-state index contributed by atoms with van der Waals surface area (Å²) in [5, 5.41) is 9.27. The fourth-order valence-corrected chi connectivity index (χ4v) is 4.37. The first-order valence-corrected chi connectivity index (χ1v) is 10.2. The summed E-state index contributed by atoms with van der Waals surface area (Å²) in [6.07, 6.45) is 3.35. The number of nitrogens with zero attached hydrogens (tertiary/aromatic N) is 3. The monoisotopic (exact) mass is 393 g/mol. The zero-order chi connectivity index (χ0) is 20.4. The summed E-state index contributed by atoms with van der Waals surface area (Å²) in [5.74, 6) is 0.981. The zero-order valence-electron chi connectivity index (χ0n) is 17.0. The topological polar surface area (TPSA) is 67.6 Å². The molecule has 4 rings (SSSR count). The lowest BCUT2D eigenvalue weighted by molar-refractivity contribution is 0.0697. The van der Waals surface area contributed by atoms with Gasteiger partial charge in [-0.25, -0.2) is 9.78 Å². The van der Waals surface area contributed by atoms with E-state index in [4.69, 9.17) is 9.72 Å². The maximum Gasteiger partial charge on any atom is 0.335 e. The minimum atomic E-state index is -0.919. The molecular weight excluding hydrogens is 366 g/mol. The Hall–Kier alpha value is -2.86. The third kappa shape index (κ3) is 3.98. The summed E-state index contributed by atoms with van der Waals surface area (Å²) in [5.41, 5.74) is 3.32. The number of hydrogen-bond donors (Lipinski definition) is 1. The Morgan fingerprint density at radius 3 is 2.90 bits per heavy atom. The molecule has 2 heterocycles. The van der Waals surface area contributed by atoms with E-state index in [2.05, 4.69) is 28.5 Å². The standard InChI is InChI=1S/C23H27N3O3/c1-3-26-21-10-9-17(23(27)28)14-20(21)24-22(26)15-25-11-5-7-18(25)12-16-6-4-8-19(13-16)29-2/h4,6,8-10,13-14,18H,3,5,7,11-12,15H2,1-2H3,(H,27,28). The van der Waals surface area contributed by atoms with Crippen molar-refractivity contribution >= 4 is 17.0 Å². The van der Waals surface area contributed by atoms with Gasteiger partial charge in [-0.2, -0.15) is 0 Å². The largest absolute Gasteiger partial charge is 0.497 e. The normalized spacial score (nSPS) is 17.1. The maximum atomic E-state index is 11.3. The Bertz CT molecular complexity index is 1030. The summed E-state index contributed by atoms with van der Waals surface area (Å²) in [6, 6.07) is 14.0. The highest BCUT2D eigenvalue weighted by Gasteiger charge is 2.26. The van der Waals surface area contributed by atoms with Crippen LogP contribution in [0.2, 0.25) is 0 Å². The summed E-state index contributed by atoms with van der Waals surface area (Å²) < 4.78 is 7.56. The highest BCUT2D eigenvalue weighted by atomic mass is 16.5. The van der Waals surface area contributed by atoms with Crippen LogP contribution in [0.1, 0.15) is 41.5 Å². The van der Waals surface area contributed by atoms with Crippen molar-refractivity contribution < 1.29 is 14.6 Å². The van der Waals surface area contributed by atoms with Gasteiger partial charge >= 0.3 is 5.97 Å². The number of carboxylic acid groups (broad SMARTS) is 1. The highest BCUT2D eigenvalue weighted by Crippen LogP contribution is 2.26. The van der Waals surface area contributed by atoms with Crippen molar-refractivity contribution in [1.82, 2.24) is 14.5 Å². The van der Waals surface area contributed by atoms with Gasteiger partial charge in [-0.1, -0.05) is 12.1 Å². The molecule has 2 aromatic carbocycles. The Morgan fingerprint density at radius 2 is 2.14 bits per heavy atom. The van der Waals surface area contributed by atoms with Gasteiger partial charge in [-0.15, -0.1) is 0 Å². The Labute approximate surface area is 170 Å². The summed E-state index contributed by atoms with van der Waals surface area (Å²) in [4.78, 5) is 18.6. The van der Waals surface area contributed by atoms with Gasteiger partial charge < -0.3 is 14.4 Å². The molecule has 0 saturated carbocycles. The average molecular weight is 393 g/mol. The van der Waals surface area contributed by atoms with Crippen LogP contribution in [0.5, 0.6) is 5.75 Å². The van der Waals surface area contributed by atoms with Gasteiger partial charge in [0.15, 0.2) is 0 Å². The predicted molar refractivity (Wildman–Crippen MR) is 112 cm³/mol. The average Bonchev–Trinajstić information content (AvgIpc) is 3.31. The number of aryl methyl sites for hydroxylation is 1. The molecule has 1 aromatic heterocycles. The van der Waals surface area contributed by atoms with E-state index in [1.165, 1.54) is 18.4 Å². The number of carbonyl (C=O) groups is 1. The fraction of sp³-hybridized carbons (Fsp3) is 0.391. The lowest BCUT2D eigenvalue weighted by Gasteiger charge is -2.24. The second-order valence-corrected chi connectivity index (χ2v) is 7.60. The third-order valence-corrected chi connectivity index (χ3v) is 5.84. The van der Waals surface area contributed by atoms with E-state index in [0.717, 1.165) is 48.7 Å². The molecule has 1 saturated heterocycles. The Kier molecular flexibility index (Phi) is 5.53. The molecule has 0 radical (unpaired) electrons. The van der Waals surface area contributed by atoms with E-state index in [1.807, 2.05) is 18.2 Å². The first-order valence-electron chi connectivity index (χ1n) is 10.2. The van der Waals surface area contributed by atoms with Crippen LogP contribution in [0, 0.1) is 0 Å². The first kappa shape index (κ1) is 19.5. The molecule has 0 amide bonds. The minimum Gasteiger partial charge on any atom is -0.497 e. The lowest BCUT2D eigenvalue weighted by atomic mass is 10.0. The molecule has 1 fully saturated rings. The van der Waals surface area contributed by atoms with Gasteiger partial charge in [-0.05, 0) is 68.6 Å². The van der Waals surface area contributed by atoms with Crippen molar-refractivity contribution in [3.05, 3.63) is 59.4 Å².